The number of amides is 1. The average Bonchev–Trinajstić information content (AvgIpc) is 2.56. The van der Waals surface area contributed by atoms with Crippen molar-refractivity contribution in [1.29, 1.82) is 0 Å². The van der Waals surface area contributed by atoms with Gasteiger partial charge in [0.05, 0.1) is 17.4 Å². The van der Waals surface area contributed by atoms with Crippen LogP contribution in [0.25, 0.3) is 0 Å². The number of para-hydroxylation sites is 1. The van der Waals surface area contributed by atoms with Gasteiger partial charge in [-0.2, -0.15) is 0 Å². The van der Waals surface area contributed by atoms with E-state index in [4.69, 9.17) is 4.74 Å². The first-order chi connectivity index (χ1) is 9.89. The number of ether oxygens (including phenoxy) is 1. The number of alkyl carbamates (subject to hydrolysis) is 1. The molecule has 1 amide bonds. The summed E-state index contributed by atoms with van der Waals surface area (Å²) in [7, 11) is 0. The summed E-state index contributed by atoms with van der Waals surface area (Å²) in [6, 6.07) is 7.46. The Balaban J connectivity index is 2.10. The van der Waals surface area contributed by atoms with Crippen LogP contribution in [0.15, 0.2) is 41.1 Å². The fourth-order valence-electron chi connectivity index (χ4n) is 1.89. The smallest absolute Gasteiger partial charge is 0.408 e. The van der Waals surface area contributed by atoms with E-state index in [9.17, 15) is 9.90 Å². The van der Waals surface area contributed by atoms with E-state index in [1.165, 1.54) is 0 Å². The maximum Gasteiger partial charge on any atom is 0.408 e. The highest BCUT2D eigenvalue weighted by atomic mass is 32.2. The fourth-order valence-corrected chi connectivity index (χ4v) is 2.95. The number of rotatable bonds is 1. The molecule has 2 rings (SSSR count). The van der Waals surface area contributed by atoms with Crippen molar-refractivity contribution in [2.24, 2.45) is 0 Å². The summed E-state index contributed by atoms with van der Waals surface area (Å²) in [5, 5.41) is 15.4. The van der Waals surface area contributed by atoms with E-state index in [1.54, 1.807) is 11.8 Å². The predicted molar refractivity (Wildman–Crippen MR) is 84.7 cm³/mol. The van der Waals surface area contributed by atoms with Crippen LogP contribution in [0.5, 0.6) is 0 Å². The summed E-state index contributed by atoms with van der Waals surface area (Å²) in [6.07, 6.45) is 0.491. The normalized spacial score (nSPS) is 20.1. The standard InChI is InChI=1S/C15H20N2O3S/c1-15(2,3)20-14(19)17-12-9-21-13-7-5-4-6-10(13)16-11(12)8-18/h4-8,12,16,18H,9H2,1-3H3,(H,17,19)/b11-8+/t12-/m0/s1. The molecule has 21 heavy (non-hydrogen) atoms. The molecule has 1 aliphatic heterocycles. The third kappa shape index (κ3) is 4.32. The van der Waals surface area contributed by atoms with Gasteiger partial charge in [-0.3, -0.25) is 0 Å². The molecule has 0 unspecified atom stereocenters. The number of nitrogens with one attached hydrogen (secondary N) is 2. The van der Waals surface area contributed by atoms with Crippen molar-refractivity contribution >= 4 is 23.5 Å². The maximum absolute atomic E-state index is 11.9. The van der Waals surface area contributed by atoms with Crippen LogP contribution in [-0.4, -0.2) is 28.6 Å². The molecule has 1 aliphatic rings. The Kier molecular flexibility index (Phi) is 4.67. The van der Waals surface area contributed by atoms with Crippen LogP contribution in [0.1, 0.15) is 20.8 Å². The van der Waals surface area contributed by atoms with Gasteiger partial charge in [0.25, 0.3) is 0 Å². The van der Waals surface area contributed by atoms with Crippen LogP contribution in [0.4, 0.5) is 10.5 Å². The van der Waals surface area contributed by atoms with E-state index < -0.39 is 11.7 Å². The number of hydrogen-bond donors (Lipinski definition) is 3. The molecule has 0 radical (unpaired) electrons. The first-order valence-electron chi connectivity index (χ1n) is 6.71. The van der Waals surface area contributed by atoms with Gasteiger partial charge < -0.3 is 20.5 Å². The van der Waals surface area contributed by atoms with E-state index in [0.717, 1.165) is 16.8 Å². The highest BCUT2D eigenvalue weighted by molar-refractivity contribution is 7.99. The quantitative estimate of drug-likeness (QED) is 0.693. The molecule has 0 aliphatic carbocycles. The third-order valence-electron chi connectivity index (χ3n) is 2.78. The van der Waals surface area contributed by atoms with Gasteiger partial charge in [0.2, 0.25) is 0 Å². The zero-order valence-electron chi connectivity index (χ0n) is 12.3. The molecule has 0 saturated heterocycles. The molecule has 0 bridgehead atoms. The van der Waals surface area contributed by atoms with Gasteiger partial charge in [-0.15, -0.1) is 11.8 Å². The summed E-state index contributed by atoms with van der Waals surface area (Å²) in [5.74, 6) is 0.607. The maximum atomic E-state index is 11.9. The van der Waals surface area contributed by atoms with E-state index in [-0.39, 0.29) is 6.04 Å². The number of carbonyl (C=O) groups is 1. The number of aliphatic hydroxyl groups is 1. The van der Waals surface area contributed by atoms with Gasteiger partial charge in [0, 0.05) is 10.6 Å². The Morgan fingerprint density at radius 3 is 2.86 bits per heavy atom. The van der Waals surface area contributed by atoms with Gasteiger partial charge in [0.15, 0.2) is 0 Å². The minimum absolute atomic E-state index is 0.345. The minimum Gasteiger partial charge on any atom is -0.514 e. The highest BCUT2D eigenvalue weighted by Crippen LogP contribution is 2.32. The van der Waals surface area contributed by atoms with Crippen LogP contribution in [-0.2, 0) is 4.74 Å². The first-order valence-corrected chi connectivity index (χ1v) is 7.70. The lowest BCUT2D eigenvalue weighted by Crippen LogP contribution is -2.42. The molecule has 0 fully saturated rings. The second kappa shape index (κ2) is 6.30. The molecule has 114 valence electrons. The van der Waals surface area contributed by atoms with Gasteiger partial charge in [-0.1, -0.05) is 12.1 Å². The molecule has 6 heteroatoms. The molecule has 1 atom stereocenters. The van der Waals surface area contributed by atoms with Crippen LogP contribution in [0.3, 0.4) is 0 Å². The number of hydrogen-bond acceptors (Lipinski definition) is 5. The number of carbonyl (C=O) groups excluding carboxylic acids is 1. The second-order valence-electron chi connectivity index (χ2n) is 5.72. The van der Waals surface area contributed by atoms with E-state index >= 15 is 0 Å². The van der Waals surface area contributed by atoms with Crippen molar-refractivity contribution < 1.29 is 14.6 Å². The molecule has 0 saturated carbocycles. The van der Waals surface area contributed by atoms with Crippen LogP contribution in [0.2, 0.25) is 0 Å². The number of anilines is 1. The third-order valence-corrected chi connectivity index (χ3v) is 3.94. The van der Waals surface area contributed by atoms with Crippen LogP contribution in [0, 0.1) is 0 Å². The molecular weight excluding hydrogens is 288 g/mol. The van der Waals surface area contributed by atoms with Crippen LogP contribution >= 0.6 is 11.8 Å². The van der Waals surface area contributed by atoms with E-state index in [2.05, 4.69) is 10.6 Å². The summed E-state index contributed by atoms with van der Waals surface area (Å²) in [6.45, 7) is 5.43. The van der Waals surface area contributed by atoms with E-state index in [1.807, 2.05) is 45.0 Å². The Bertz CT molecular complexity index is 552. The molecule has 3 N–H and O–H groups in total. The van der Waals surface area contributed by atoms with Crippen molar-refractivity contribution in [2.75, 3.05) is 11.1 Å². The van der Waals surface area contributed by atoms with Crippen molar-refractivity contribution in [2.45, 2.75) is 37.3 Å². The van der Waals surface area contributed by atoms with Crippen molar-refractivity contribution in [3.05, 3.63) is 36.2 Å². The predicted octanol–water partition coefficient (Wildman–Crippen LogP) is 3.50. The molecular formula is C15H20N2O3S. The lowest BCUT2D eigenvalue weighted by atomic mass is 10.2. The molecule has 1 aromatic carbocycles. The minimum atomic E-state index is -0.554. The number of thioether (sulfide) groups is 1. The zero-order valence-corrected chi connectivity index (χ0v) is 13.2. The Labute approximate surface area is 128 Å². The number of aliphatic hydroxyl groups excluding tert-OH is 1. The van der Waals surface area contributed by atoms with Gasteiger partial charge in [0.1, 0.15) is 11.9 Å². The molecule has 0 spiro atoms. The van der Waals surface area contributed by atoms with Crippen molar-refractivity contribution in [3.8, 4) is 0 Å². The van der Waals surface area contributed by atoms with Gasteiger partial charge >= 0.3 is 6.09 Å². The summed E-state index contributed by atoms with van der Waals surface area (Å²) in [4.78, 5) is 13.0. The molecule has 0 aromatic heterocycles. The lowest BCUT2D eigenvalue weighted by Gasteiger charge is -2.23. The average molecular weight is 308 g/mol. The largest absolute Gasteiger partial charge is 0.514 e. The topological polar surface area (TPSA) is 70.6 Å². The van der Waals surface area contributed by atoms with Gasteiger partial charge in [-0.25, -0.2) is 4.79 Å². The number of fused-ring (bicyclic) bond motifs is 1. The molecule has 1 heterocycles. The van der Waals surface area contributed by atoms with Crippen molar-refractivity contribution in [3.63, 3.8) is 0 Å². The summed E-state index contributed by atoms with van der Waals surface area (Å²) < 4.78 is 5.26. The van der Waals surface area contributed by atoms with E-state index in [0.29, 0.717) is 11.4 Å². The van der Waals surface area contributed by atoms with Gasteiger partial charge in [-0.05, 0) is 32.9 Å². The van der Waals surface area contributed by atoms with Crippen LogP contribution < -0.4 is 10.6 Å². The fraction of sp³-hybridized carbons (Fsp3) is 0.400. The Hall–Kier alpha value is -1.82. The Morgan fingerprint density at radius 1 is 1.48 bits per heavy atom. The SMILES string of the molecule is CC(C)(C)OC(=O)N[C@H]1CSc2ccccc2N/C1=C/O. The first kappa shape index (κ1) is 15.6. The van der Waals surface area contributed by atoms with Crippen molar-refractivity contribution in [1.82, 2.24) is 5.32 Å². The molecule has 1 aromatic rings. The summed E-state index contributed by atoms with van der Waals surface area (Å²) in [5.41, 5.74) is 0.899. The zero-order chi connectivity index (χ0) is 15.5. The monoisotopic (exact) mass is 308 g/mol. The number of benzene rings is 1. The second-order valence-corrected chi connectivity index (χ2v) is 6.78. The summed E-state index contributed by atoms with van der Waals surface area (Å²) >= 11 is 1.61. The Morgan fingerprint density at radius 2 is 2.19 bits per heavy atom. The lowest BCUT2D eigenvalue weighted by molar-refractivity contribution is 0.0516. The molecule has 5 nitrogen and oxygen atoms in total. The highest BCUT2D eigenvalue weighted by Gasteiger charge is 2.25.